The van der Waals surface area contributed by atoms with Gasteiger partial charge in [0.15, 0.2) is 11.5 Å². The van der Waals surface area contributed by atoms with Gasteiger partial charge in [-0.05, 0) is 12.1 Å². The van der Waals surface area contributed by atoms with Crippen LogP contribution >= 0.6 is 0 Å². The molecule has 1 aromatic heterocycles. The molecule has 0 unspecified atom stereocenters. The van der Waals surface area contributed by atoms with E-state index in [1.165, 1.54) is 0 Å². The lowest BCUT2D eigenvalue weighted by molar-refractivity contribution is 0.0331. The van der Waals surface area contributed by atoms with E-state index in [9.17, 15) is 0 Å². The monoisotopic (exact) mass is 399 g/mol. The molecule has 0 aliphatic carbocycles. The first-order valence-electron chi connectivity index (χ1n) is 10.2. The van der Waals surface area contributed by atoms with Crippen molar-refractivity contribution in [2.45, 2.75) is 0 Å². The maximum absolute atomic E-state index is 5.93. The lowest BCUT2D eigenvalue weighted by Gasteiger charge is -2.36. The van der Waals surface area contributed by atoms with Gasteiger partial charge in [-0.25, -0.2) is 9.97 Å². The summed E-state index contributed by atoms with van der Waals surface area (Å²) in [7, 11) is 1.63. The van der Waals surface area contributed by atoms with Gasteiger partial charge in [-0.2, -0.15) is 0 Å². The zero-order valence-corrected chi connectivity index (χ0v) is 17.0. The standard InChI is InChI=1S/C21H29N5O3/c1-27-18-4-2-3-5-19(18)29-21-16-20(22-17-23-21)26-10-8-24(9-11-26)6-7-25-12-14-28-15-13-25/h2-5,16-17H,6-15H2,1H3. The minimum absolute atomic E-state index is 0.522. The molecule has 0 atom stereocenters. The van der Waals surface area contributed by atoms with Crippen molar-refractivity contribution in [3.05, 3.63) is 36.7 Å². The minimum Gasteiger partial charge on any atom is -0.493 e. The summed E-state index contributed by atoms with van der Waals surface area (Å²) in [4.78, 5) is 16.0. The Labute approximate surface area is 172 Å². The summed E-state index contributed by atoms with van der Waals surface area (Å²) >= 11 is 0. The molecule has 0 saturated carbocycles. The van der Waals surface area contributed by atoms with Crippen molar-refractivity contribution in [1.82, 2.24) is 19.8 Å². The number of nitrogens with zero attached hydrogens (tertiary/aromatic N) is 5. The number of hydrogen-bond acceptors (Lipinski definition) is 8. The number of anilines is 1. The summed E-state index contributed by atoms with van der Waals surface area (Å²) in [5.74, 6) is 2.75. The average Bonchev–Trinajstić information content (AvgIpc) is 2.79. The van der Waals surface area contributed by atoms with Crippen LogP contribution in [0.25, 0.3) is 0 Å². The molecule has 1 aromatic carbocycles. The fourth-order valence-corrected chi connectivity index (χ4v) is 3.68. The molecule has 0 N–H and O–H groups in total. The van der Waals surface area contributed by atoms with Crippen molar-refractivity contribution in [2.75, 3.05) is 77.6 Å². The van der Waals surface area contributed by atoms with Gasteiger partial charge in [0.25, 0.3) is 0 Å². The molecule has 0 amide bonds. The molecular formula is C21H29N5O3. The molecule has 0 bridgehead atoms. The summed E-state index contributed by atoms with van der Waals surface area (Å²) in [6.45, 7) is 10.0. The van der Waals surface area contributed by atoms with Crippen molar-refractivity contribution >= 4 is 5.82 Å². The predicted molar refractivity (Wildman–Crippen MR) is 111 cm³/mol. The number of para-hydroxylation sites is 2. The lowest BCUT2D eigenvalue weighted by Crippen LogP contribution is -2.49. The molecule has 2 saturated heterocycles. The molecule has 2 aliphatic heterocycles. The average molecular weight is 399 g/mol. The molecule has 8 nitrogen and oxygen atoms in total. The van der Waals surface area contributed by atoms with Crippen molar-refractivity contribution in [3.8, 4) is 17.4 Å². The first kappa shape index (κ1) is 19.9. The topological polar surface area (TPSA) is 63.2 Å². The van der Waals surface area contributed by atoms with Gasteiger partial charge in [0, 0.05) is 58.4 Å². The first-order valence-corrected chi connectivity index (χ1v) is 10.2. The van der Waals surface area contributed by atoms with E-state index in [1.54, 1.807) is 13.4 Å². The minimum atomic E-state index is 0.522. The van der Waals surface area contributed by atoms with Crippen molar-refractivity contribution < 1.29 is 14.2 Å². The quantitative estimate of drug-likeness (QED) is 0.698. The van der Waals surface area contributed by atoms with Crippen molar-refractivity contribution in [1.29, 1.82) is 0 Å². The molecular weight excluding hydrogens is 370 g/mol. The van der Waals surface area contributed by atoms with E-state index in [2.05, 4.69) is 24.7 Å². The van der Waals surface area contributed by atoms with E-state index >= 15 is 0 Å². The Kier molecular flexibility index (Phi) is 6.76. The van der Waals surface area contributed by atoms with Gasteiger partial charge in [0.05, 0.1) is 20.3 Å². The van der Waals surface area contributed by atoms with Crippen LogP contribution < -0.4 is 14.4 Å². The number of benzene rings is 1. The van der Waals surface area contributed by atoms with Gasteiger partial charge < -0.3 is 19.1 Å². The van der Waals surface area contributed by atoms with E-state index in [-0.39, 0.29) is 0 Å². The van der Waals surface area contributed by atoms with E-state index in [1.807, 2.05) is 30.3 Å². The summed E-state index contributed by atoms with van der Waals surface area (Å²) in [5.41, 5.74) is 0. The number of hydrogen-bond donors (Lipinski definition) is 0. The van der Waals surface area contributed by atoms with Crippen molar-refractivity contribution in [2.24, 2.45) is 0 Å². The largest absolute Gasteiger partial charge is 0.493 e. The Balaban J connectivity index is 1.30. The molecule has 4 rings (SSSR count). The highest BCUT2D eigenvalue weighted by Crippen LogP contribution is 2.30. The zero-order valence-electron chi connectivity index (χ0n) is 17.0. The highest BCUT2D eigenvalue weighted by atomic mass is 16.5. The number of aromatic nitrogens is 2. The third-order valence-corrected chi connectivity index (χ3v) is 5.44. The van der Waals surface area contributed by atoms with E-state index in [4.69, 9.17) is 14.2 Å². The molecule has 2 aromatic rings. The third kappa shape index (κ3) is 5.35. The summed E-state index contributed by atoms with van der Waals surface area (Å²) in [5, 5.41) is 0. The maximum Gasteiger partial charge on any atom is 0.224 e. The number of morpholine rings is 1. The maximum atomic E-state index is 5.93. The summed E-state index contributed by atoms with van der Waals surface area (Å²) < 4.78 is 16.7. The van der Waals surface area contributed by atoms with E-state index < -0.39 is 0 Å². The number of ether oxygens (including phenoxy) is 3. The number of methoxy groups -OCH3 is 1. The van der Waals surface area contributed by atoms with Crippen LogP contribution in [0.2, 0.25) is 0 Å². The Hall–Kier alpha value is -2.42. The van der Waals surface area contributed by atoms with Crippen LogP contribution in [0.3, 0.4) is 0 Å². The molecule has 29 heavy (non-hydrogen) atoms. The van der Waals surface area contributed by atoms with Crippen LogP contribution in [-0.4, -0.2) is 92.4 Å². The molecule has 2 aliphatic rings. The van der Waals surface area contributed by atoms with E-state index in [0.717, 1.165) is 71.4 Å². The van der Waals surface area contributed by atoms with Crippen LogP contribution in [0.1, 0.15) is 0 Å². The number of piperazine rings is 1. The fraction of sp³-hybridized carbons (Fsp3) is 0.524. The van der Waals surface area contributed by atoms with Gasteiger partial charge in [-0.3, -0.25) is 9.80 Å². The molecule has 8 heteroatoms. The smallest absolute Gasteiger partial charge is 0.224 e. The predicted octanol–water partition coefficient (Wildman–Crippen LogP) is 1.73. The van der Waals surface area contributed by atoms with Gasteiger partial charge in [0.2, 0.25) is 5.88 Å². The first-order chi connectivity index (χ1) is 14.3. The highest BCUT2D eigenvalue weighted by molar-refractivity contribution is 5.45. The lowest BCUT2D eigenvalue weighted by atomic mass is 10.3. The SMILES string of the molecule is COc1ccccc1Oc1cc(N2CCN(CCN3CCOCC3)CC2)ncn1. The molecule has 2 fully saturated rings. The van der Waals surface area contributed by atoms with Crippen LogP contribution in [0.4, 0.5) is 5.82 Å². The highest BCUT2D eigenvalue weighted by Gasteiger charge is 2.20. The van der Waals surface area contributed by atoms with Crippen LogP contribution in [-0.2, 0) is 4.74 Å². The Bertz CT molecular complexity index is 776. The Morgan fingerprint density at radius 1 is 0.897 bits per heavy atom. The van der Waals surface area contributed by atoms with Gasteiger partial charge >= 0.3 is 0 Å². The second kappa shape index (κ2) is 9.87. The van der Waals surface area contributed by atoms with Gasteiger partial charge in [-0.1, -0.05) is 12.1 Å². The van der Waals surface area contributed by atoms with Crippen molar-refractivity contribution in [3.63, 3.8) is 0 Å². The Morgan fingerprint density at radius 3 is 2.31 bits per heavy atom. The van der Waals surface area contributed by atoms with E-state index in [0.29, 0.717) is 17.4 Å². The van der Waals surface area contributed by atoms with Gasteiger partial charge in [0.1, 0.15) is 12.1 Å². The van der Waals surface area contributed by atoms with Gasteiger partial charge in [-0.15, -0.1) is 0 Å². The summed E-state index contributed by atoms with van der Waals surface area (Å²) in [6, 6.07) is 9.46. The molecule has 3 heterocycles. The van der Waals surface area contributed by atoms with Crippen LogP contribution in [0, 0.1) is 0 Å². The zero-order chi connectivity index (χ0) is 19.9. The Morgan fingerprint density at radius 2 is 1.59 bits per heavy atom. The fourth-order valence-electron chi connectivity index (χ4n) is 3.68. The number of rotatable bonds is 7. The molecule has 0 radical (unpaired) electrons. The summed E-state index contributed by atoms with van der Waals surface area (Å²) in [6.07, 6.45) is 1.56. The molecule has 156 valence electrons. The van der Waals surface area contributed by atoms with Crippen LogP contribution in [0.15, 0.2) is 36.7 Å². The normalized spacial score (nSPS) is 18.6. The molecule has 0 spiro atoms. The second-order valence-corrected chi connectivity index (χ2v) is 7.25. The second-order valence-electron chi connectivity index (χ2n) is 7.25. The third-order valence-electron chi connectivity index (χ3n) is 5.44. The van der Waals surface area contributed by atoms with Crippen LogP contribution in [0.5, 0.6) is 17.4 Å².